The molecule has 0 unspecified atom stereocenters. The molecule has 0 bridgehead atoms. The van der Waals surface area contributed by atoms with E-state index < -0.39 is 5.97 Å². The molecule has 2 aromatic carbocycles. The first kappa shape index (κ1) is 16.5. The van der Waals surface area contributed by atoms with Crippen molar-refractivity contribution < 1.29 is 14.3 Å². The van der Waals surface area contributed by atoms with Crippen LogP contribution < -0.4 is 4.74 Å². The first-order chi connectivity index (χ1) is 11.7. The molecule has 1 heterocycles. The lowest BCUT2D eigenvalue weighted by atomic mass is 10.2. The van der Waals surface area contributed by atoms with Crippen LogP contribution in [0.25, 0.3) is 6.08 Å². The summed E-state index contributed by atoms with van der Waals surface area (Å²) in [6.45, 7) is 2.75. The Morgan fingerprint density at radius 3 is 2.62 bits per heavy atom. The fraction of sp³-hybridized carbons (Fsp3) is 0.158. The van der Waals surface area contributed by atoms with Gasteiger partial charge in [0.15, 0.2) is 5.70 Å². The average molecular weight is 386 g/mol. The van der Waals surface area contributed by atoms with E-state index in [1.165, 1.54) is 0 Å². The molecule has 0 fully saturated rings. The SMILES string of the molecule is CCCOc1ccc(C=C2N=C(c3ccccc3Br)OC2=O)cc1. The molecule has 5 heteroatoms. The number of hydrogen-bond donors (Lipinski definition) is 0. The molecule has 0 amide bonds. The summed E-state index contributed by atoms with van der Waals surface area (Å²) in [4.78, 5) is 16.3. The third-order valence-corrected chi connectivity index (χ3v) is 4.07. The van der Waals surface area contributed by atoms with Gasteiger partial charge in [0.05, 0.1) is 12.2 Å². The van der Waals surface area contributed by atoms with Gasteiger partial charge in [0.25, 0.3) is 0 Å². The quantitative estimate of drug-likeness (QED) is 0.558. The van der Waals surface area contributed by atoms with Crippen molar-refractivity contribution >= 4 is 33.9 Å². The van der Waals surface area contributed by atoms with Crippen molar-refractivity contribution in [3.63, 3.8) is 0 Å². The Hall–Kier alpha value is -2.40. The molecular formula is C19H16BrNO3. The summed E-state index contributed by atoms with van der Waals surface area (Å²) in [5.74, 6) is 0.666. The Bertz CT molecular complexity index is 810. The van der Waals surface area contributed by atoms with Crippen molar-refractivity contribution in [2.45, 2.75) is 13.3 Å². The third kappa shape index (κ3) is 3.74. The lowest BCUT2D eigenvalue weighted by molar-refractivity contribution is -0.129. The van der Waals surface area contributed by atoms with Crippen molar-refractivity contribution in [2.75, 3.05) is 6.61 Å². The summed E-state index contributed by atoms with van der Waals surface area (Å²) in [5.41, 5.74) is 1.89. The zero-order valence-electron chi connectivity index (χ0n) is 13.2. The molecule has 0 saturated heterocycles. The maximum Gasteiger partial charge on any atom is 0.363 e. The maximum absolute atomic E-state index is 12.0. The Kier molecular flexibility index (Phi) is 5.11. The largest absolute Gasteiger partial charge is 0.494 e. The van der Waals surface area contributed by atoms with E-state index in [9.17, 15) is 4.79 Å². The van der Waals surface area contributed by atoms with E-state index in [-0.39, 0.29) is 5.70 Å². The molecule has 0 N–H and O–H groups in total. The van der Waals surface area contributed by atoms with Crippen LogP contribution in [-0.4, -0.2) is 18.5 Å². The average Bonchev–Trinajstić information content (AvgIpc) is 2.95. The van der Waals surface area contributed by atoms with E-state index in [1.54, 1.807) is 6.08 Å². The number of nitrogens with zero attached hydrogens (tertiary/aromatic N) is 1. The Morgan fingerprint density at radius 1 is 1.17 bits per heavy atom. The topological polar surface area (TPSA) is 47.9 Å². The second-order valence-corrected chi connectivity index (χ2v) is 6.09. The molecule has 1 aliphatic rings. The Labute approximate surface area is 148 Å². The number of benzene rings is 2. The van der Waals surface area contributed by atoms with Gasteiger partial charge in [-0.2, -0.15) is 0 Å². The molecular weight excluding hydrogens is 370 g/mol. The van der Waals surface area contributed by atoms with Crippen LogP contribution in [0.15, 0.2) is 63.7 Å². The van der Waals surface area contributed by atoms with Gasteiger partial charge >= 0.3 is 5.97 Å². The lowest BCUT2D eigenvalue weighted by Crippen LogP contribution is -2.05. The van der Waals surface area contributed by atoms with Crippen molar-refractivity contribution in [2.24, 2.45) is 4.99 Å². The van der Waals surface area contributed by atoms with Crippen LogP contribution >= 0.6 is 15.9 Å². The van der Waals surface area contributed by atoms with Crippen LogP contribution in [0.2, 0.25) is 0 Å². The van der Waals surface area contributed by atoms with Gasteiger partial charge in [-0.25, -0.2) is 9.79 Å². The molecule has 122 valence electrons. The monoisotopic (exact) mass is 385 g/mol. The molecule has 1 aliphatic heterocycles. The Balaban J connectivity index is 1.82. The number of ether oxygens (including phenoxy) is 2. The lowest BCUT2D eigenvalue weighted by Gasteiger charge is -2.04. The van der Waals surface area contributed by atoms with Crippen LogP contribution in [0.5, 0.6) is 5.75 Å². The van der Waals surface area contributed by atoms with Crippen molar-refractivity contribution in [1.29, 1.82) is 0 Å². The van der Waals surface area contributed by atoms with Gasteiger partial charge in [-0.05, 0) is 58.3 Å². The second-order valence-electron chi connectivity index (χ2n) is 5.23. The molecule has 0 spiro atoms. The van der Waals surface area contributed by atoms with Crippen LogP contribution in [0.1, 0.15) is 24.5 Å². The zero-order valence-corrected chi connectivity index (χ0v) is 14.7. The van der Waals surface area contributed by atoms with Gasteiger partial charge in [0, 0.05) is 4.47 Å². The second kappa shape index (κ2) is 7.45. The van der Waals surface area contributed by atoms with E-state index in [4.69, 9.17) is 9.47 Å². The van der Waals surface area contributed by atoms with E-state index in [0.717, 1.165) is 27.8 Å². The van der Waals surface area contributed by atoms with Gasteiger partial charge in [-0.1, -0.05) is 31.2 Å². The predicted octanol–water partition coefficient (Wildman–Crippen LogP) is 4.58. The number of carbonyl (C=O) groups is 1. The number of rotatable bonds is 5. The number of halogens is 1. The number of hydrogen-bond acceptors (Lipinski definition) is 4. The van der Waals surface area contributed by atoms with Gasteiger partial charge < -0.3 is 9.47 Å². The van der Waals surface area contributed by atoms with E-state index in [1.807, 2.05) is 48.5 Å². The van der Waals surface area contributed by atoms with E-state index in [2.05, 4.69) is 27.8 Å². The summed E-state index contributed by atoms with van der Waals surface area (Å²) < 4.78 is 11.7. The molecule has 0 aromatic heterocycles. The third-order valence-electron chi connectivity index (χ3n) is 3.38. The molecule has 4 nitrogen and oxygen atoms in total. The molecule has 0 saturated carbocycles. The highest BCUT2D eigenvalue weighted by Crippen LogP contribution is 2.24. The Morgan fingerprint density at radius 2 is 1.92 bits per heavy atom. The fourth-order valence-electron chi connectivity index (χ4n) is 2.20. The van der Waals surface area contributed by atoms with E-state index in [0.29, 0.717) is 12.5 Å². The highest BCUT2D eigenvalue weighted by atomic mass is 79.9. The molecule has 2 aromatic rings. The summed E-state index contributed by atoms with van der Waals surface area (Å²) in [7, 11) is 0. The standard InChI is InChI=1S/C19H16BrNO3/c1-2-11-23-14-9-7-13(8-10-14)12-17-19(22)24-18(21-17)15-5-3-4-6-16(15)20/h3-10,12H,2,11H2,1H3. The molecule has 24 heavy (non-hydrogen) atoms. The minimum Gasteiger partial charge on any atom is -0.494 e. The maximum atomic E-state index is 12.0. The normalized spacial score (nSPS) is 15.3. The van der Waals surface area contributed by atoms with Gasteiger partial charge in [0.2, 0.25) is 5.90 Å². The number of cyclic esters (lactones) is 1. The predicted molar refractivity (Wildman–Crippen MR) is 97.0 cm³/mol. The highest BCUT2D eigenvalue weighted by molar-refractivity contribution is 9.10. The molecule has 3 rings (SSSR count). The van der Waals surface area contributed by atoms with Crippen LogP contribution in [0, 0.1) is 0 Å². The van der Waals surface area contributed by atoms with Gasteiger partial charge in [0.1, 0.15) is 5.75 Å². The smallest absolute Gasteiger partial charge is 0.363 e. The molecule has 0 radical (unpaired) electrons. The summed E-state index contributed by atoms with van der Waals surface area (Å²) in [5, 5.41) is 0. The highest BCUT2D eigenvalue weighted by Gasteiger charge is 2.25. The number of esters is 1. The molecule has 0 atom stereocenters. The summed E-state index contributed by atoms with van der Waals surface area (Å²) in [6, 6.07) is 15.0. The van der Waals surface area contributed by atoms with Crippen molar-refractivity contribution in [3.8, 4) is 5.75 Å². The van der Waals surface area contributed by atoms with Crippen LogP contribution in [-0.2, 0) is 9.53 Å². The van der Waals surface area contributed by atoms with E-state index >= 15 is 0 Å². The van der Waals surface area contributed by atoms with Crippen LogP contribution in [0.3, 0.4) is 0 Å². The van der Waals surface area contributed by atoms with Gasteiger partial charge in [-0.15, -0.1) is 0 Å². The van der Waals surface area contributed by atoms with Crippen molar-refractivity contribution in [1.82, 2.24) is 0 Å². The number of carbonyl (C=O) groups excluding carboxylic acids is 1. The first-order valence-electron chi connectivity index (χ1n) is 7.67. The zero-order chi connectivity index (χ0) is 16.9. The van der Waals surface area contributed by atoms with Crippen molar-refractivity contribution in [3.05, 3.63) is 69.8 Å². The summed E-state index contributed by atoms with van der Waals surface area (Å²) >= 11 is 3.44. The first-order valence-corrected chi connectivity index (χ1v) is 8.47. The minimum absolute atomic E-state index is 0.281. The molecule has 0 aliphatic carbocycles. The minimum atomic E-state index is -0.452. The summed E-state index contributed by atoms with van der Waals surface area (Å²) in [6.07, 6.45) is 2.67. The fourth-order valence-corrected chi connectivity index (χ4v) is 2.65. The van der Waals surface area contributed by atoms with Crippen LogP contribution in [0.4, 0.5) is 0 Å². The number of aliphatic imine (C=N–C) groups is 1. The van der Waals surface area contributed by atoms with Gasteiger partial charge in [-0.3, -0.25) is 0 Å².